The van der Waals surface area contributed by atoms with Gasteiger partial charge in [0.05, 0.1) is 0 Å². The summed E-state index contributed by atoms with van der Waals surface area (Å²) in [5.74, 6) is -0.0820. The van der Waals surface area contributed by atoms with Gasteiger partial charge >= 0.3 is 6.03 Å². The number of hydrogen-bond acceptors (Lipinski definition) is 2. The van der Waals surface area contributed by atoms with Crippen LogP contribution in [-0.4, -0.2) is 30.8 Å². The Morgan fingerprint density at radius 1 is 1.19 bits per heavy atom. The number of amides is 2. The molecule has 0 saturated carbocycles. The Hall–Kier alpha value is -1.84. The molecule has 2 amide bonds. The van der Waals surface area contributed by atoms with E-state index in [1.807, 2.05) is 30.3 Å². The Morgan fingerprint density at radius 2 is 1.75 bits per heavy atom. The Morgan fingerprint density at radius 3 is 2.19 bits per heavy atom. The van der Waals surface area contributed by atoms with Gasteiger partial charge in [-0.15, -0.1) is 0 Å². The lowest BCUT2D eigenvalue weighted by atomic mass is 10.0. The zero-order valence-corrected chi connectivity index (χ0v) is 9.73. The first-order chi connectivity index (χ1) is 7.52. The lowest BCUT2D eigenvalue weighted by Gasteiger charge is -2.19. The Bertz CT molecular complexity index is 374. The lowest BCUT2D eigenvalue weighted by molar-refractivity contribution is -0.118. The molecule has 1 rings (SSSR count). The highest BCUT2D eigenvalue weighted by Crippen LogP contribution is 2.13. The SMILES string of the molecule is CC(=O)C(NC(=O)N(C)C)c1ccccc1. The number of nitrogens with one attached hydrogen (secondary N) is 1. The monoisotopic (exact) mass is 220 g/mol. The highest BCUT2D eigenvalue weighted by atomic mass is 16.2. The second kappa shape index (κ2) is 5.30. The zero-order chi connectivity index (χ0) is 12.1. The molecule has 0 aliphatic carbocycles. The third kappa shape index (κ3) is 3.08. The fraction of sp³-hybridized carbons (Fsp3) is 0.333. The van der Waals surface area contributed by atoms with Crippen LogP contribution in [0.2, 0.25) is 0 Å². The van der Waals surface area contributed by atoms with Gasteiger partial charge in [-0.2, -0.15) is 0 Å². The van der Waals surface area contributed by atoms with Crippen LogP contribution in [0.5, 0.6) is 0 Å². The number of urea groups is 1. The minimum atomic E-state index is -0.573. The van der Waals surface area contributed by atoms with Gasteiger partial charge in [0.25, 0.3) is 0 Å². The third-order valence-corrected chi connectivity index (χ3v) is 2.21. The van der Waals surface area contributed by atoms with Crippen molar-refractivity contribution in [3.8, 4) is 0 Å². The van der Waals surface area contributed by atoms with E-state index in [1.165, 1.54) is 11.8 Å². The van der Waals surface area contributed by atoms with Crippen LogP contribution in [0.15, 0.2) is 30.3 Å². The maximum absolute atomic E-state index is 11.5. The summed E-state index contributed by atoms with van der Waals surface area (Å²) in [5, 5.41) is 2.67. The molecule has 0 spiro atoms. The van der Waals surface area contributed by atoms with Crippen molar-refractivity contribution in [2.75, 3.05) is 14.1 Å². The molecular formula is C12H16N2O2. The van der Waals surface area contributed by atoms with Crippen LogP contribution in [0.25, 0.3) is 0 Å². The van der Waals surface area contributed by atoms with Gasteiger partial charge in [0, 0.05) is 14.1 Å². The van der Waals surface area contributed by atoms with Crippen molar-refractivity contribution < 1.29 is 9.59 Å². The molecule has 4 nitrogen and oxygen atoms in total. The molecule has 0 saturated heterocycles. The average Bonchev–Trinajstić information content (AvgIpc) is 2.26. The predicted molar refractivity (Wildman–Crippen MR) is 62.1 cm³/mol. The van der Waals surface area contributed by atoms with Gasteiger partial charge in [-0.05, 0) is 12.5 Å². The van der Waals surface area contributed by atoms with E-state index in [1.54, 1.807) is 14.1 Å². The van der Waals surface area contributed by atoms with Crippen LogP contribution in [0.1, 0.15) is 18.5 Å². The van der Waals surface area contributed by atoms with Gasteiger partial charge in [0.1, 0.15) is 6.04 Å². The minimum Gasteiger partial charge on any atom is -0.331 e. The molecule has 1 aromatic carbocycles. The Kier molecular flexibility index (Phi) is 4.05. The van der Waals surface area contributed by atoms with Gasteiger partial charge in [-0.25, -0.2) is 4.79 Å². The number of rotatable bonds is 3. The van der Waals surface area contributed by atoms with E-state index in [0.717, 1.165) is 5.56 Å². The summed E-state index contributed by atoms with van der Waals surface area (Å²) < 4.78 is 0. The fourth-order valence-corrected chi connectivity index (χ4v) is 1.32. The Labute approximate surface area is 95.3 Å². The highest BCUT2D eigenvalue weighted by molar-refractivity contribution is 5.87. The quantitative estimate of drug-likeness (QED) is 0.841. The number of carbonyl (C=O) groups is 2. The van der Waals surface area contributed by atoms with Gasteiger partial charge in [-0.3, -0.25) is 4.79 Å². The van der Waals surface area contributed by atoms with Crippen LogP contribution in [0.4, 0.5) is 4.79 Å². The summed E-state index contributed by atoms with van der Waals surface area (Å²) in [5.41, 5.74) is 0.796. The summed E-state index contributed by atoms with van der Waals surface area (Å²) in [6.45, 7) is 1.47. The molecule has 1 N–H and O–H groups in total. The van der Waals surface area contributed by atoms with E-state index in [0.29, 0.717) is 0 Å². The first kappa shape index (κ1) is 12.2. The molecule has 0 bridgehead atoms. The van der Waals surface area contributed by atoms with Crippen molar-refractivity contribution in [2.45, 2.75) is 13.0 Å². The van der Waals surface area contributed by atoms with E-state index < -0.39 is 6.04 Å². The molecule has 1 atom stereocenters. The van der Waals surface area contributed by atoms with Crippen molar-refractivity contribution in [3.63, 3.8) is 0 Å². The summed E-state index contributed by atoms with van der Waals surface area (Å²) in [4.78, 5) is 24.4. The molecule has 86 valence electrons. The summed E-state index contributed by atoms with van der Waals surface area (Å²) in [6.07, 6.45) is 0. The van der Waals surface area contributed by atoms with Crippen molar-refractivity contribution in [1.29, 1.82) is 0 Å². The summed E-state index contributed by atoms with van der Waals surface area (Å²) in [6, 6.07) is 8.35. The van der Waals surface area contributed by atoms with Gasteiger partial charge < -0.3 is 10.2 Å². The minimum absolute atomic E-state index is 0.0820. The molecule has 0 aliphatic heterocycles. The van der Waals surface area contributed by atoms with E-state index in [9.17, 15) is 9.59 Å². The largest absolute Gasteiger partial charge is 0.331 e. The van der Waals surface area contributed by atoms with Gasteiger partial charge in [0.15, 0.2) is 5.78 Å². The molecule has 1 aromatic rings. The molecule has 1 unspecified atom stereocenters. The van der Waals surface area contributed by atoms with Crippen molar-refractivity contribution >= 4 is 11.8 Å². The Balaban J connectivity index is 2.85. The number of nitrogens with zero attached hydrogens (tertiary/aromatic N) is 1. The van der Waals surface area contributed by atoms with E-state index in [-0.39, 0.29) is 11.8 Å². The number of hydrogen-bond donors (Lipinski definition) is 1. The summed E-state index contributed by atoms with van der Waals surface area (Å²) in [7, 11) is 3.27. The van der Waals surface area contributed by atoms with E-state index in [4.69, 9.17) is 0 Å². The smallest absolute Gasteiger partial charge is 0.317 e. The van der Waals surface area contributed by atoms with Crippen molar-refractivity contribution in [1.82, 2.24) is 10.2 Å². The van der Waals surface area contributed by atoms with E-state index >= 15 is 0 Å². The first-order valence-electron chi connectivity index (χ1n) is 5.05. The molecule has 0 radical (unpaired) electrons. The van der Waals surface area contributed by atoms with Gasteiger partial charge in [0.2, 0.25) is 0 Å². The van der Waals surface area contributed by atoms with Crippen LogP contribution in [-0.2, 0) is 4.79 Å². The first-order valence-corrected chi connectivity index (χ1v) is 5.05. The number of ketones is 1. The number of carbonyl (C=O) groups excluding carboxylic acids is 2. The van der Waals surface area contributed by atoms with Crippen LogP contribution >= 0.6 is 0 Å². The average molecular weight is 220 g/mol. The summed E-state index contributed by atoms with van der Waals surface area (Å²) >= 11 is 0. The molecular weight excluding hydrogens is 204 g/mol. The lowest BCUT2D eigenvalue weighted by Crippen LogP contribution is -2.39. The molecule has 0 aromatic heterocycles. The molecule has 16 heavy (non-hydrogen) atoms. The highest BCUT2D eigenvalue weighted by Gasteiger charge is 2.19. The normalized spacial score (nSPS) is 11.7. The maximum atomic E-state index is 11.5. The van der Waals surface area contributed by atoms with E-state index in [2.05, 4.69) is 5.32 Å². The predicted octanol–water partition coefficient (Wildman–Crippen LogP) is 1.59. The molecule has 0 heterocycles. The topological polar surface area (TPSA) is 49.4 Å². The number of Topliss-reactive ketones (excluding diaryl/α,β-unsaturated/α-hetero) is 1. The fourth-order valence-electron chi connectivity index (χ4n) is 1.32. The standard InChI is InChI=1S/C12H16N2O2/c1-9(15)11(13-12(16)14(2)3)10-7-5-4-6-8-10/h4-8,11H,1-3H3,(H,13,16). The van der Waals surface area contributed by atoms with Crippen molar-refractivity contribution in [3.05, 3.63) is 35.9 Å². The third-order valence-electron chi connectivity index (χ3n) is 2.21. The van der Waals surface area contributed by atoms with Crippen molar-refractivity contribution in [2.24, 2.45) is 0 Å². The van der Waals surface area contributed by atoms with Crippen LogP contribution < -0.4 is 5.32 Å². The van der Waals surface area contributed by atoms with Gasteiger partial charge in [-0.1, -0.05) is 30.3 Å². The van der Waals surface area contributed by atoms with Crippen LogP contribution in [0.3, 0.4) is 0 Å². The van der Waals surface area contributed by atoms with Crippen LogP contribution in [0, 0.1) is 0 Å². The molecule has 4 heteroatoms. The second-order valence-electron chi connectivity index (χ2n) is 3.80. The molecule has 0 aliphatic rings. The second-order valence-corrected chi connectivity index (χ2v) is 3.80. The maximum Gasteiger partial charge on any atom is 0.317 e. The zero-order valence-electron chi connectivity index (χ0n) is 9.73. The number of benzene rings is 1. The molecule has 0 fully saturated rings.